The van der Waals surface area contributed by atoms with Crippen LogP contribution in [0, 0.1) is 81.2 Å². The van der Waals surface area contributed by atoms with Crippen LogP contribution in [0.2, 0.25) is 0 Å². The van der Waals surface area contributed by atoms with E-state index in [1.165, 1.54) is 6.92 Å². The second-order valence-corrected chi connectivity index (χ2v) is 18.4. The molecule has 0 aromatic heterocycles. The van der Waals surface area contributed by atoms with Crippen LogP contribution in [0.25, 0.3) is 4.85 Å². The number of amides is 5. The summed E-state index contributed by atoms with van der Waals surface area (Å²) in [6, 6.07) is 29.2. The van der Waals surface area contributed by atoms with Gasteiger partial charge in [-0.25, -0.2) is 6.57 Å². The van der Waals surface area contributed by atoms with Crippen molar-refractivity contribution in [2.75, 3.05) is 33.1 Å². The third-order valence-electron chi connectivity index (χ3n) is 11.7. The summed E-state index contributed by atoms with van der Waals surface area (Å²) < 4.78 is 0. The van der Waals surface area contributed by atoms with Crippen molar-refractivity contribution < 1.29 is 33.6 Å². The molecule has 5 aromatic carbocycles. The monoisotopic (exact) mass is 963 g/mol. The minimum Gasteiger partial charge on any atom is -0.325 e. The number of nitrogens with zero attached hydrogens (tertiary/aromatic N) is 1. The average Bonchev–Trinajstić information content (AvgIpc) is 4.10. The van der Waals surface area contributed by atoms with Crippen LogP contribution in [-0.2, 0) is 33.6 Å². The third kappa shape index (κ3) is 20.0. The topological polar surface area (TPSA) is 184 Å². The van der Waals surface area contributed by atoms with Crippen molar-refractivity contribution in [1.82, 2.24) is 0 Å². The number of Topliss-reactive ketones (excluding diaryl/α,β-unsaturated/α-hetero) is 2. The fourth-order valence-electron chi connectivity index (χ4n) is 7.08. The Labute approximate surface area is 419 Å². The van der Waals surface area contributed by atoms with Gasteiger partial charge in [-0.05, 0) is 181 Å². The average molecular weight is 963 g/mol. The van der Waals surface area contributed by atoms with Crippen LogP contribution in [0.4, 0.5) is 28.4 Å². The van der Waals surface area contributed by atoms with E-state index in [-0.39, 0.29) is 72.3 Å². The Kier molecular flexibility index (Phi) is 22.3. The molecule has 0 atom stereocenters. The van der Waals surface area contributed by atoms with Crippen molar-refractivity contribution in [2.24, 2.45) is 5.41 Å². The number of aryl methyl sites for hydroxylation is 10. The maximum Gasteiger partial charge on any atom is 0.304 e. The molecule has 5 aromatic rings. The smallest absolute Gasteiger partial charge is 0.304 e. The zero-order valence-electron chi connectivity index (χ0n) is 43.4. The number of ketones is 2. The largest absolute Gasteiger partial charge is 0.325 e. The minimum atomic E-state index is -0.318. The van der Waals surface area contributed by atoms with E-state index >= 15 is 0 Å². The lowest BCUT2D eigenvalue weighted by atomic mass is 9.95. The Bertz CT molecular complexity index is 2740. The van der Waals surface area contributed by atoms with Crippen LogP contribution < -0.4 is 26.6 Å². The van der Waals surface area contributed by atoms with E-state index in [0.717, 1.165) is 103 Å². The molecule has 5 N–H and O–H groups in total. The Balaban J connectivity index is 0.000000255. The highest BCUT2D eigenvalue weighted by Crippen LogP contribution is 2.50. The first-order valence-corrected chi connectivity index (χ1v) is 23.7. The lowest BCUT2D eigenvalue weighted by Crippen LogP contribution is -2.23. The lowest BCUT2D eigenvalue weighted by molar-refractivity contribution is -0.129. The molecule has 0 heterocycles. The molecule has 0 radical (unpaired) electrons. The van der Waals surface area contributed by atoms with Crippen molar-refractivity contribution in [3.8, 4) is 0 Å². The van der Waals surface area contributed by atoms with Gasteiger partial charge in [0.25, 0.3) is 6.54 Å². The molecular weight excluding hydrogens is 893 g/mol. The van der Waals surface area contributed by atoms with Gasteiger partial charge in [-0.3, -0.25) is 33.6 Å². The van der Waals surface area contributed by atoms with Gasteiger partial charge in [0, 0.05) is 33.9 Å². The van der Waals surface area contributed by atoms with E-state index in [2.05, 4.69) is 31.4 Å². The van der Waals surface area contributed by atoms with Crippen molar-refractivity contribution in [3.63, 3.8) is 0 Å². The molecule has 13 heteroatoms. The van der Waals surface area contributed by atoms with Gasteiger partial charge in [0.05, 0.1) is 12.8 Å². The number of carbonyl (C=O) groups is 7. The molecule has 1 fully saturated rings. The first-order chi connectivity index (χ1) is 33.4. The molecule has 1 aliphatic rings. The summed E-state index contributed by atoms with van der Waals surface area (Å²) in [6.45, 7) is 29.3. The van der Waals surface area contributed by atoms with Crippen LogP contribution in [0.3, 0.4) is 0 Å². The Morgan fingerprint density at radius 3 is 0.958 bits per heavy atom. The molecule has 0 unspecified atom stereocenters. The zero-order chi connectivity index (χ0) is 53.0. The molecule has 13 nitrogen and oxygen atoms in total. The predicted molar refractivity (Wildman–Crippen MR) is 286 cm³/mol. The van der Waals surface area contributed by atoms with Crippen LogP contribution in [0.15, 0.2) is 91.0 Å². The van der Waals surface area contributed by atoms with Crippen molar-refractivity contribution in [1.29, 1.82) is 0 Å². The molecule has 1 saturated carbocycles. The fourth-order valence-corrected chi connectivity index (χ4v) is 7.08. The Morgan fingerprint density at radius 1 is 0.437 bits per heavy atom. The SMILES string of the molecule is CC(=O)CC(=O)Nc1cc(C)ccc1C.CCC1(C(=O)CC(=O)Nc2cc(C)ccc2C)CC1.Cc1ccc(C)c(NC(=O)CC(=O)Nc2cc(C)ccc2C)c1.[C-]#[N+]CC(=O)Nc1cc(C)ccc1C. The van der Waals surface area contributed by atoms with Crippen molar-refractivity contribution in [2.45, 2.75) is 122 Å². The highest BCUT2D eigenvalue weighted by Gasteiger charge is 2.47. The second-order valence-electron chi connectivity index (χ2n) is 18.4. The van der Waals surface area contributed by atoms with Gasteiger partial charge in [-0.15, -0.1) is 0 Å². The molecule has 0 spiro atoms. The maximum absolute atomic E-state index is 12.1. The molecule has 5 amide bonds. The van der Waals surface area contributed by atoms with Gasteiger partial charge >= 0.3 is 5.91 Å². The summed E-state index contributed by atoms with van der Waals surface area (Å²) >= 11 is 0. The number of benzene rings is 5. The van der Waals surface area contributed by atoms with Gasteiger partial charge < -0.3 is 31.4 Å². The van der Waals surface area contributed by atoms with E-state index in [4.69, 9.17) is 6.57 Å². The molecule has 0 bridgehead atoms. The Hall–Kier alpha value is -7.72. The van der Waals surface area contributed by atoms with Crippen LogP contribution in [-0.4, -0.2) is 47.6 Å². The predicted octanol–water partition coefficient (Wildman–Crippen LogP) is 11.7. The van der Waals surface area contributed by atoms with E-state index < -0.39 is 0 Å². The summed E-state index contributed by atoms with van der Waals surface area (Å²) in [5.41, 5.74) is 14.0. The lowest BCUT2D eigenvalue weighted by Gasteiger charge is -2.12. The molecule has 6 rings (SSSR count). The normalized spacial score (nSPS) is 11.5. The zero-order valence-corrected chi connectivity index (χ0v) is 43.4. The van der Waals surface area contributed by atoms with Gasteiger partial charge in [0.1, 0.15) is 18.0 Å². The summed E-state index contributed by atoms with van der Waals surface area (Å²) in [5, 5.41) is 13.9. The highest BCUT2D eigenvalue weighted by molar-refractivity contribution is 6.09. The number of rotatable bonds is 14. The number of carbonyl (C=O) groups excluding carboxylic acids is 7. The van der Waals surface area contributed by atoms with Crippen LogP contribution in [0.1, 0.15) is 108 Å². The van der Waals surface area contributed by atoms with Gasteiger partial charge in [0.2, 0.25) is 23.6 Å². The Morgan fingerprint density at radius 2 is 0.704 bits per heavy atom. The minimum absolute atomic E-state index is 0.00121. The standard InChI is InChI=1S/C19H22N2O2.C16H21NO2.C12H15NO2.C11H12N2O/c1-12-5-7-14(3)16(9-12)20-18(22)11-19(23)21-17-10-13(2)6-8-15(17)4;1-4-16(7-8-16)14(18)10-15(19)17-13-9-11(2)5-6-12(13)3;1-8-4-5-9(2)11(6-8)13-12(15)7-10(3)14;1-8-4-5-9(2)10(6-8)13-11(14)7-12-3/h5-10H,11H2,1-4H3,(H,20,22)(H,21,23);5-6,9H,4,7-8,10H2,1-3H3,(H,17,19);4-6H,7H2,1-3H3,(H,13,15);4-6H,7H2,1-2H3,(H,13,14). The first-order valence-electron chi connectivity index (χ1n) is 23.7. The molecule has 71 heavy (non-hydrogen) atoms. The third-order valence-corrected chi connectivity index (χ3v) is 11.7. The second kappa shape index (κ2) is 27.5. The molecule has 0 aliphatic heterocycles. The van der Waals surface area contributed by atoms with Crippen molar-refractivity contribution >= 4 is 69.5 Å². The van der Waals surface area contributed by atoms with E-state index in [0.29, 0.717) is 0 Å². The van der Waals surface area contributed by atoms with Crippen molar-refractivity contribution in [3.05, 3.63) is 158 Å². The van der Waals surface area contributed by atoms with E-state index in [1.807, 2.05) is 167 Å². The van der Waals surface area contributed by atoms with Gasteiger partial charge in [-0.1, -0.05) is 67.6 Å². The summed E-state index contributed by atoms with van der Waals surface area (Å²) in [4.78, 5) is 84.4. The number of hydrogen-bond acceptors (Lipinski definition) is 7. The highest BCUT2D eigenvalue weighted by atomic mass is 16.2. The maximum atomic E-state index is 12.1. The van der Waals surface area contributed by atoms with E-state index in [1.54, 1.807) is 0 Å². The summed E-state index contributed by atoms with van der Waals surface area (Å²) in [7, 11) is 0. The number of anilines is 5. The van der Waals surface area contributed by atoms with E-state index in [9.17, 15) is 33.6 Å². The van der Waals surface area contributed by atoms with Crippen LogP contribution in [0.5, 0.6) is 0 Å². The summed E-state index contributed by atoms with van der Waals surface area (Å²) in [6.07, 6.45) is 2.47. The first kappa shape index (κ1) is 57.6. The molecule has 0 saturated heterocycles. The number of nitrogens with one attached hydrogen (secondary N) is 5. The quantitative estimate of drug-likeness (QED) is 0.0542. The van der Waals surface area contributed by atoms with Gasteiger partial charge in [-0.2, -0.15) is 0 Å². The summed E-state index contributed by atoms with van der Waals surface area (Å²) in [5.74, 6) is -1.37. The molecular formula is C58H70N6O7. The molecule has 1 aliphatic carbocycles. The molecule has 374 valence electrons. The van der Waals surface area contributed by atoms with Crippen LogP contribution >= 0.6 is 0 Å². The van der Waals surface area contributed by atoms with Gasteiger partial charge in [0.15, 0.2) is 0 Å². The fraction of sp³-hybridized carbons (Fsp3) is 0.345. The number of hydrogen-bond donors (Lipinski definition) is 5.